The van der Waals surface area contributed by atoms with Crippen molar-refractivity contribution in [3.05, 3.63) is 42.0 Å². The summed E-state index contributed by atoms with van der Waals surface area (Å²) in [4.78, 5) is 4.69. The zero-order valence-corrected chi connectivity index (χ0v) is 13.2. The summed E-state index contributed by atoms with van der Waals surface area (Å²) in [6, 6.07) is 13.8. The van der Waals surface area contributed by atoms with E-state index in [4.69, 9.17) is 20.7 Å². The minimum Gasteiger partial charge on any atom is -0.494 e. The molecule has 3 rings (SSSR count). The molecule has 0 radical (unpaired) electrons. The Labute approximate surface area is 134 Å². The molecule has 0 aliphatic rings. The maximum atomic E-state index is 9.16. The summed E-state index contributed by atoms with van der Waals surface area (Å²) in [5.41, 5.74) is 10.4. The summed E-state index contributed by atoms with van der Waals surface area (Å²) < 4.78 is 7.43. The van der Waals surface area contributed by atoms with Gasteiger partial charge in [0.1, 0.15) is 18.1 Å². The fourth-order valence-electron chi connectivity index (χ4n) is 2.60. The number of nitriles is 1. The number of fused-ring (bicyclic) bond motifs is 1. The highest BCUT2D eigenvalue weighted by Gasteiger charge is 2.14. The Morgan fingerprint density at radius 1 is 1.26 bits per heavy atom. The first-order chi connectivity index (χ1) is 11.1. The number of nitrogens with zero attached hydrogens (tertiary/aromatic N) is 3. The van der Waals surface area contributed by atoms with Gasteiger partial charge in [0.2, 0.25) is 0 Å². The van der Waals surface area contributed by atoms with E-state index in [2.05, 4.69) is 6.07 Å². The molecule has 0 aliphatic carbocycles. The second-order valence-electron chi connectivity index (χ2n) is 5.33. The highest BCUT2D eigenvalue weighted by molar-refractivity contribution is 5.82. The topological polar surface area (TPSA) is 76.9 Å². The molecular weight excluding hydrogens is 288 g/mol. The Kier molecular flexibility index (Phi) is 3.90. The van der Waals surface area contributed by atoms with Gasteiger partial charge in [-0.25, -0.2) is 4.98 Å². The molecule has 0 fully saturated rings. The summed E-state index contributed by atoms with van der Waals surface area (Å²) >= 11 is 0. The fourth-order valence-corrected chi connectivity index (χ4v) is 2.60. The van der Waals surface area contributed by atoms with Crippen LogP contribution in [-0.2, 0) is 6.54 Å². The van der Waals surface area contributed by atoms with E-state index in [-0.39, 0.29) is 6.54 Å². The largest absolute Gasteiger partial charge is 0.494 e. The number of imidazole rings is 1. The van der Waals surface area contributed by atoms with E-state index in [1.807, 2.05) is 54.8 Å². The fraction of sp³-hybridized carbons (Fsp3) is 0.222. The SMILES string of the molecule is CCOc1ccc2c(c1)nc(-c1ccc(C)c(N)c1)n2CC#N. The van der Waals surface area contributed by atoms with Gasteiger partial charge in [-0.1, -0.05) is 12.1 Å². The lowest BCUT2D eigenvalue weighted by molar-refractivity contribution is 0.340. The molecule has 2 N–H and O–H groups in total. The van der Waals surface area contributed by atoms with Crippen LogP contribution in [0.5, 0.6) is 5.75 Å². The number of nitrogen functional groups attached to an aromatic ring is 1. The number of hydrogen-bond acceptors (Lipinski definition) is 4. The molecule has 5 heteroatoms. The summed E-state index contributed by atoms with van der Waals surface area (Å²) in [6.45, 7) is 4.74. The van der Waals surface area contributed by atoms with Gasteiger partial charge >= 0.3 is 0 Å². The molecular formula is C18H18N4O. The Balaban J connectivity index is 2.20. The van der Waals surface area contributed by atoms with Crippen LogP contribution in [0.15, 0.2) is 36.4 Å². The normalized spacial score (nSPS) is 10.7. The Hall–Kier alpha value is -3.00. The van der Waals surface area contributed by atoms with Gasteiger partial charge < -0.3 is 15.0 Å². The predicted molar refractivity (Wildman–Crippen MR) is 91.1 cm³/mol. The van der Waals surface area contributed by atoms with Crippen molar-refractivity contribution in [3.63, 3.8) is 0 Å². The van der Waals surface area contributed by atoms with Crippen molar-refractivity contribution in [2.75, 3.05) is 12.3 Å². The zero-order valence-electron chi connectivity index (χ0n) is 13.2. The van der Waals surface area contributed by atoms with Gasteiger partial charge in [-0.05, 0) is 37.6 Å². The van der Waals surface area contributed by atoms with Crippen LogP contribution in [-0.4, -0.2) is 16.2 Å². The number of benzene rings is 2. The van der Waals surface area contributed by atoms with Crippen molar-refractivity contribution < 1.29 is 4.74 Å². The van der Waals surface area contributed by atoms with Crippen molar-refractivity contribution in [1.82, 2.24) is 9.55 Å². The summed E-state index contributed by atoms with van der Waals surface area (Å²) in [6.07, 6.45) is 0. The molecule has 0 bridgehead atoms. The molecule has 0 spiro atoms. The number of aromatic nitrogens is 2. The molecule has 0 saturated carbocycles. The van der Waals surface area contributed by atoms with Gasteiger partial charge in [0.05, 0.1) is 23.7 Å². The quantitative estimate of drug-likeness (QED) is 0.748. The average Bonchev–Trinajstić information content (AvgIpc) is 2.89. The molecule has 0 saturated heterocycles. The van der Waals surface area contributed by atoms with Crippen LogP contribution in [0.4, 0.5) is 5.69 Å². The number of rotatable bonds is 4. The van der Waals surface area contributed by atoms with Crippen LogP contribution >= 0.6 is 0 Å². The molecule has 23 heavy (non-hydrogen) atoms. The summed E-state index contributed by atoms with van der Waals surface area (Å²) in [7, 11) is 0. The first kappa shape index (κ1) is 14.9. The van der Waals surface area contributed by atoms with Gasteiger partial charge in [-0.3, -0.25) is 0 Å². The molecule has 0 unspecified atom stereocenters. The summed E-state index contributed by atoms with van der Waals surface area (Å²) in [5.74, 6) is 1.51. The van der Waals surface area contributed by atoms with E-state index in [1.165, 1.54) is 0 Å². The van der Waals surface area contributed by atoms with Crippen LogP contribution in [0.3, 0.4) is 0 Å². The molecule has 1 heterocycles. The lowest BCUT2D eigenvalue weighted by atomic mass is 10.1. The van der Waals surface area contributed by atoms with Crippen molar-refractivity contribution >= 4 is 16.7 Å². The van der Waals surface area contributed by atoms with E-state index in [0.717, 1.165) is 33.7 Å². The van der Waals surface area contributed by atoms with Gasteiger partial charge in [-0.15, -0.1) is 0 Å². The maximum Gasteiger partial charge on any atom is 0.142 e. The molecule has 116 valence electrons. The number of hydrogen-bond donors (Lipinski definition) is 1. The standard InChI is InChI=1S/C18H18N4O/c1-3-23-14-6-7-17-16(11-14)21-18(22(17)9-8-19)13-5-4-12(2)15(20)10-13/h4-7,10-11H,3,9,20H2,1-2H3. The third-order valence-electron chi connectivity index (χ3n) is 3.80. The van der Waals surface area contributed by atoms with Gasteiger partial charge in [-0.2, -0.15) is 5.26 Å². The minimum atomic E-state index is 0.230. The molecule has 0 aliphatic heterocycles. The number of anilines is 1. The van der Waals surface area contributed by atoms with E-state index in [1.54, 1.807) is 0 Å². The number of nitrogens with two attached hydrogens (primary N) is 1. The second kappa shape index (κ2) is 6.01. The van der Waals surface area contributed by atoms with Crippen LogP contribution in [0.1, 0.15) is 12.5 Å². The monoisotopic (exact) mass is 306 g/mol. The molecule has 0 atom stereocenters. The van der Waals surface area contributed by atoms with Gasteiger partial charge in [0.15, 0.2) is 0 Å². The minimum absolute atomic E-state index is 0.230. The Morgan fingerprint density at radius 3 is 2.78 bits per heavy atom. The van der Waals surface area contributed by atoms with Crippen molar-refractivity contribution in [2.45, 2.75) is 20.4 Å². The molecule has 1 aromatic heterocycles. The number of ether oxygens (including phenoxy) is 1. The van der Waals surface area contributed by atoms with Crippen LogP contribution in [0.25, 0.3) is 22.4 Å². The molecule has 5 nitrogen and oxygen atoms in total. The smallest absolute Gasteiger partial charge is 0.142 e. The molecule has 3 aromatic rings. The van der Waals surface area contributed by atoms with Crippen LogP contribution in [0.2, 0.25) is 0 Å². The van der Waals surface area contributed by atoms with Crippen molar-refractivity contribution in [3.8, 4) is 23.2 Å². The predicted octanol–water partition coefficient (Wildman–Crippen LogP) is 3.52. The number of aryl methyl sites for hydroxylation is 1. The zero-order chi connectivity index (χ0) is 16.4. The highest BCUT2D eigenvalue weighted by Crippen LogP contribution is 2.29. The van der Waals surface area contributed by atoms with Gasteiger partial charge in [0, 0.05) is 17.3 Å². The molecule has 2 aromatic carbocycles. The lowest BCUT2D eigenvalue weighted by Gasteiger charge is -2.07. The Morgan fingerprint density at radius 2 is 2.09 bits per heavy atom. The molecule has 0 amide bonds. The van der Waals surface area contributed by atoms with E-state index >= 15 is 0 Å². The van der Waals surface area contributed by atoms with Crippen LogP contribution in [0, 0.1) is 18.3 Å². The van der Waals surface area contributed by atoms with Gasteiger partial charge in [0.25, 0.3) is 0 Å². The first-order valence-corrected chi connectivity index (χ1v) is 7.50. The van der Waals surface area contributed by atoms with Crippen molar-refractivity contribution in [1.29, 1.82) is 5.26 Å². The van der Waals surface area contributed by atoms with E-state index in [0.29, 0.717) is 12.3 Å². The highest BCUT2D eigenvalue weighted by atomic mass is 16.5. The second-order valence-corrected chi connectivity index (χ2v) is 5.33. The van der Waals surface area contributed by atoms with E-state index < -0.39 is 0 Å². The average molecular weight is 306 g/mol. The third kappa shape index (κ3) is 2.71. The lowest BCUT2D eigenvalue weighted by Crippen LogP contribution is -2.00. The van der Waals surface area contributed by atoms with Crippen molar-refractivity contribution in [2.24, 2.45) is 0 Å². The Bertz CT molecular complexity index is 905. The third-order valence-corrected chi connectivity index (χ3v) is 3.80. The van der Waals surface area contributed by atoms with E-state index in [9.17, 15) is 0 Å². The maximum absolute atomic E-state index is 9.16. The summed E-state index contributed by atoms with van der Waals surface area (Å²) in [5, 5.41) is 9.16. The first-order valence-electron chi connectivity index (χ1n) is 7.50. The van der Waals surface area contributed by atoms with Crippen LogP contribution < -0.4 is 10.5 Å².